The van der Waals surface area contributed by atoms with Gasteiger partial charge in [-0.1, -0.05) is 17.7 Å². The zero-order valence-electron chi connectivity index (χ0n) is 6.48. The normalized spacial score (nSPS) is 21.1. The topological polar surface area (TPSA) is 26.0 Å². The van der Waals surface area contributed by atoms with Gasteiger partial charge in [-0.3, -0.25) is 0 Å². The van der Waals surface area contributed by atoms with Crippen LogP contribution in [-0.2, 0) is 6.42 Å². The first-order valence-electron chi connectivity index (χ1n) is 3.92. The summed E-state index contributed by atoms with van der Waals surface area (Å²) >= 11 is 5.62. The van der Waals surface area contributed by atoms with E-state index in [1.807, 2.05) is 6.07 Å². The Hall–Kier alpha value is -0.600. The van der Waals surface area contributed by atoms with Crippen molar-refractivity contribution in [2.75, 3.05) is 0 Å². The molecular weight excluding hydrogens is 177 g/mol. The fourth-order valence-corrected chi connectivity index (χ4v) is 1.84. The zero-order valence-corrected chi connectivity index (χ0v) is 7.24. The summed E-state index contributed by atoms with van der Waals surface area (Å²) in [4.78, 5) is 0. The van der Waals surface area contributed by atoms with Crippen molar-refractivity contribution in [2.24, 2.45) is 5.73 Å². The van der Waals surface area contributed by atoms with Gasteiger partial charge < -0.3 is 5.73 Å². The van der Waals surface area contributed by atoms with Gasteiger partial charge >= 0.3 is 0 Å². The Balaban J connectivity index is 2.60. The monoisotopic (exact) mass is 185 g/mol. The van der Waals surface area contributed by atoms with E-state index in [2.05, 4.69) is 0 Å². The molecule has 0 spiro atoms. The molecule has 1 aliphatic carbocycles. The van der Waals surface area contributed by atoms with Crippen molar-refractivity contribution >= 4 is 11.6 Å². The molecular formula is C9H9ClFN. The number of nitrogens with two attached hydrogens (primary N) is 1. The maximum absolute atomic E-state index is 13.3. The third kappa shape index (κ3) is 1.03. The Morgan fingerprint density at radius 3 is 3.00 bits per heavy atom. The maximum Gasteiger partial charge on any atom is 0.145 e. The summed E-state index contributed by atoms with van der Waals surface area (Å²) in [5.41, 5.74) is 7.37. The molecule has 1 aliphatic rings. The first kappa shape index (κ1) is 8.02. The van der Waals surface area contributed by atoms with E-state index in [1.54, 1.807) is 6.07 Å². The summed E-state index contributed by atoms with van der Waals surface area (Å²) in [5, 5.41) is 0.197. The fraction of sp³-hybridized carbons (Fsp3) is 0.333. The van der Waals surface area contributed by atoms with E-state index >= 15 is 0 Å². The zero-order chi connectivity index (χ0) is 8.72. The SMILES string of the molecule is NC1CCc2c1ccc(Cl)c2F. The number of rotatable bonds is 0. The van der Waals surface area contributed by atoms with Gasteiger partial charge in [0, 0.05) is 6.04 Å². The molecule has 1 unspecified atom stereocenters. The highest BCUT2D eigenvalue weighted by Gasteiger charge is 2.23. The molecule has 0 aromatic heterocycles. The van der Waals surface area contributed by atoms with Gasteiger partial charge in [0.2, 0.25) is 0 Å². The van der Waals surface area contributed by atoms with Crippen LogP contribution < -0.4 is 5.73 Å². The lowest BCUT2D eigenvalue weighted by Gasteiger charge is -2.05. The van der Waals surface area contributed by atoms with E-state index in [9.17, 15) is 4.39 Å². The lowest BCUT2D eigenvalue weighted by atomic mass is 10.1. The average molecular weight is 186 g/mol. The lowest BCUT2D eigenvalue weighted by molar-refractivity contribution is 0.613. The Kier molecular flexibility index (Phi) is 1.81. The summed E-state index contributed by atoms with van der Waals surface area (Å²) in [7, 11) is 0. The van der Waals surface area contributed by atoms with Crippen molar-refractivity contribution in [3.05, 3.63) is 34.1 Å². The van der Waals surface area contributed by atoms with E-state index in [0.29, 0.717) is 12.0 Å². The summed E-state index contributed by atoms with van der Waals surface area (Å²) < 4.78 is 13.3. The van der Waals surface area contributed by atoms with Gasteiger partial charge in [-0.2, -0.15) is 0 Å². The molecule has 1 nitrogen and oxygen atoms in total. The summed E-state index contributed by atoms with van der Waals surface area (Å²) in [5.74, 6) is -0.290. The molecule has 0 heterocycles. The molecule has 1 aromatic rings. The van der Waals surface area contributed by atoms with E-state index in [-0.39, 0.29) is 16.9 Å². The average Bonchev–Trinajstić information content (AvgIpc) is 2.41. The number of hydrogen-bond acceptors (Lipinski definition) is 1. The molecule has 0 saturated heterocycles. The third-order valence-corrected chi connectivity index (χ3v) is 2.63. The van der Waals surface area contributed by atoms with Crippen molar-refractivity contribution in [2.45, 2.75) is 18.9 Å². The van der Waals surface area contributed by atoms with E-state index in [1.165, 1.54) is 0 Å². The van der Waals surface area contributed by atoms with Crippen LogP contribution in [0.5, 0.6) is 0 Å². The van der Waals surface area contributed by atoms with Crippen molar-refractivity contribution in [1.82, 2.24) is 0 Å². The quantitative estimate of drug-likeness (QED) is 0.660. The molecule has 2 N–H and O–H groups in total. The van der Waals surface area contributed by atoms with Gasteiger partial charge in [-0.25, -0.2) is 4.39 Å². The van der Waals surface area contributed by atoms with Crippen molar-refractivity contribution in [3.8, 4) is 0 Å². The summed E-state index contributed by atoms with van der Waals surface area (Å²) in [6.07, 6.45) is 1.54. The minimum absolute atomic E-state index is 0.00762. The Bertz CT molecular complexity index is 325. The van der Waals surface area contributed by atoms with E-state index in [4.69, 9.17) is 17.3 Å². The minimum Gasteiger partial charge on any atom is -0.324 e. The molecule has 1 atom stereocenters. The molecule has 0 saturated carbocycles. The maximum atomic E-state index is 13.3. The highest BCUT2D eigenvalue weighted by atomic mass is 35.5. The number of halogens is 2. The van der Waals surface area contributed by atoms with Crippen LogP contribution in [0.4, 0.5) is 4.39 Å². The largest absolute Gasteiger partial charge is 0.324 e. The van der Waals surface area contributed by atoms with E-state index < -0.39 is 0 Å². The highest BCUT2D eigenvalue weighted by Crippen LogP contribution is 2.33. The minimum atomic E-state index is -0.290. The molecule has 0 radical (unpaired) electrons. The second-order valence-electron chi connectivity index (χ2n) is 3.07. The van der Waals surface area contributed by atoms with Crippen LogP contribution in [0.25, 0.3) is 0 Å². The second-order valence-corrected chi connectivity index (χ2v) is 3.48. The van der Waals surface area contributed by atoms with Crippen LogP contribution in [-0.4, -0.2) is 0 Å². The van der Waals surface area contributed by atoms with Crippen LogP contribution in [0.2, 0.25) is 5.02 Å². The Labute approximate surface area is 75.3 Å². The molecule has 1 aromatic carbocycles. The van der Waals surface area contributed by atoms with Crippen LogP contribution in [0, 0.1) is 5.82 Å². The van der Waals surface area contributed by atoms with Gasteiger partial charge in [-0.05, 0) is 30.0 Å². The van der Waals surface area contributed by atoms with Crippen LogP contribution in [0.3, 0.4) is 0 Å². The fourth-order valence-electron chi connectivity index (χ4n) is 1.66. The molecule has 0 bridgehead atoms. The smallest absolute Gasteiger partial charge is 0.145 e. The predicted molar refractivity (Wildman–Crippen MR) is 46.7 cm³/mol. The van der Waals surface area contributed by atoms with Crippen LogP contribution >= 0.6 is 11.6 Å². The van der Waals surface area contributed by atoms with Gasteiger partial charge in [-0.15, -0.1) is 0 Å². The molecule has 0 fully saturated rings. The molecule has 2 rings (SSSR count). The Morgan fingerprint density at radius 2 is 2.25 bits per heavy atom. The highest BCUT2D eigenvalue weighted by molar-refractivity contribution is 6.30. The van der Waals surface area contributed by atoms with Crippen LogP contribution in [0.1, 0.15) is 23.6 Å². The van der Waals surface area contributed by atoms with Gasteiger partial charge in [0.1, 0.15) is 5.82 Å². The van der Waals surface area contributed by atoms with Crippen molar-refractivity contribution in [1.29, 1.82) is 0 Å². The van der Waals surface area contributed by atoms with Gasteiger partial charge in [0.15, 0.2) is 0 Å². The second kappa shape index (κ2) is 2.71. The van der Waals surface area contributed by atoms with Crippen LogP contribution in [0.15, 0.2) is 12.1 Å². The van der Waals surface area contributed by atoms with E-state index in [0.717, 1.165) is 12.0 Å². The number of fused-ring (bicyclic) bond motifs is 1. The first-order valence-corrected chi connectivity index (χ1v) is 4.30. The number of benzene rings is 1. The first-order chi connectivity index (χ1) is 5.70. The molecule has 64 valence electrons. The number of hydrogen-bond donors (Lipinski definition) is 1. The predicted octanol–water partition coefficient (Wildman–Crippen LogP) is 2.43. The summed E-state index contributed by atoms with van der Waals surface area (Å²) in [6.45, 7) is 0. The van der Waals surface area contributed by atoms with Gasteiger partial charge in [0.05, 0.1) is 5.02 Å². The van der Waals surface area contributed by atoms with Crippen molar-refractivity contribution in [3.63, 3.8) is 0 Å². The molecule has 12 heavy (non-hydrogen) atoms. The summed E-state index contributed by atoms with van der Waals surface area (Å²) in [6, 6.07) is 3.38. The molecule has 3 heteroatoms. The standard InChI is InChI=1S/C9H9ClFN/c10-7-3-1-5-6(9(7)11)2-4-8(5)12/h1,3,8H,2,4,12H2. The third-order valence-electron chi connectivity index (χ3n) is 2.34. The molecule has 0 amide bonds. The van der Waals surface area contributed by atoms with Gasteiger partial charge in [0.25, 0.3) is 0 Å². The van der Waals surface area contributed by atoms with Crippen molar-refractivity contribution < 1.29 is 4.39 Å². The molecule has 0 aliphatic heterocycles. The lowest BCUT2D eigenvalue weighted by Crippen LogP contribution is -2.05. The Morgan fingerprint density at radius 1 is 1.50 bits per heavy atom.